The van der Waals surface area contributed by atoms with E-state index < -0.39 is 0 Å². The summed E-state index contributed by atoms with van der Waals surface area (Å²) < 4.78 is 5.60. The van der Waals surface area contributed by atoms with Crippen LogP contribution in [0.4, 0.5) is 0 Å². The number of rotatable bonds is 2. The van der Waals surface area contributed by atoms with Gasteiger partial charge < -0.3 is 4.42 Å². The molecule has 17 heavy (non-hydrogen) atoms. The molecule has 0 bridgehead atoms. The lowest BCUT2D eigenvalue weighted by Crippen LogP contribution is -1.97. The predicted molar refractivity (Wildman–Crippen MR) is 66.5 cm³/mol. The number of para-hydroxylation sites is 1. The SMILES string of the molecule is Cc1cccc2cc(C(=O)c3nccs3)oc12. The van der Waals surface area contributed by atoms with Crippen LogP contribution in [0.15, 0.2) is 40.3 Å². The van der Waals surface area contributed by atoms with Gasteiger partial charge in [0, 0.05) is 17.0 Å². The van der Waals surface area contributed by atoms with Crippen LogP contribution in [-0.4, -0.2) is 10.8 Å². The van der Waals surface area contributed by atoms with Gasteiger partial charge in [-0.15, -0.1) is 11.3 Å². The Balaban J connectivity index is 2.13. The van der Waals surface area contributed by atoms with Gasteiger partial charge in [-0.25, -0.2) is 4.98 Å². The summed E-state index contributed by atoms with van der Waals surface area (Å²) >= 11 is 1.32. The number of hydrogen-bond donors (Lipinski definition) is 0. The lowest BCUT2D eigenvalue weighted by molar-refractivity contribution is 0.101. The molecule has 0 atom stereocenters. The smallest absolute Gasteiger partial charge is 0.256 e. The van der Waals surface area contributed by atoms with Gasteiger partial charge in [-0.1, -0.05) is 18.2 Å². The van der Waals surface area contributed by atoms with Crippen molar-refractivity contribution in [2.45, 2.75) is 6.92 Å². The van der Waals surface area contributed by atoms with E-state index in [-0.39, 0.29) is 5.78 Å². The van der Waals surface area contributed by atoms with Crippen LogP contribution in [0.3, 0.4) is 0 Å². The van der Waals surface area contributed by atoms with Crippen LogP contribution < -0.4 is 0 Å². The van der Waals surface area contributed by atoms with Gasteiger partial charge in [-0.05, 0) is 18.6 Å². The third-order valence-corrected chi connectivity index (χ3v) is 3.36. The molecule has 0 saturated heterocycles. The largest absolute Gasteiger partial charge is 0.452 e. The summed E-state index contributed by atoms with van der Waals surface area (Å²) in [6.45, 7) is 1.96. The average Bonchev–Trinajstić information content (AvgIpc) is 2.98. The van der Waals surface area contributed by atoms with Crippen molar-refractivity contribution in [3.8, 4) is 0 Å². The number of hydrogen-bond acceptors (Lipinski definition) is 4. The fourth-order valence-electron chi connectivity index (χ4n) is 1.76. The van der Waals surface area contributed by atoms with E-state index in [1.807, 2.05) is 25.1 Å². The zero-order valence-corrected chi connectivity index (χ0v) is 9.95. The first-order chi connectivity index (χ1) is 8.25. The minimum absolute atomic E-state index is 0.157. The topological polar surface area (TPSA) is 43.1 Å². The van der Waals surface area contributed by atoms with E-state index in [2.05, 4.69) is 4.98 Å². The molecule has 3 aromatic rings. The molecule has 3 nitrogen and oxygen atoms in total. The zero-order chi connectivity index (χ0) is 11.8. The number of carbonyl (C=O) groups excluding carboxylic acids is 1. The molecule has 0 spiro atoms. The lowest BCUT2D eigenvalue weighted by atomic mass is 10.2. The van der Waals surface area contributed by atoms with E-state index in [1.54, 1.807) is 17.6 Å². The number of furan rings is 1. The summed E-state index contributed by atoms with van der Waals surface area (Å²) in [5.74, 6) is 0.194. The minimum Gasteiger partial charge on any atom is -0.452 e. The first-order valence-corrected chi connectivity index (χ1v) is 6.07. The summed E-state index contributed by atoms with van der Waals surface area (Å²) in [6, 6.07) is 7.62. The summed E-state index contributed by atoms with van der Waals surface area (Å²) in [5, 5.41) is 3.19. The van der Waals surface area contributed by atoms with Crippen molar-refractivity contribution in [3.63, 3.8) is 0 Å². The third-order valence-electron chi connectivity index (χ3n) is 2.59. The molecule has 3 rings (SSSR count). The fourth-order valence-corrected chi connectivity index (χ4v) is 2.34. The molecule has 2 heterocycles. The number of fused-ring (bicyclic) bond motifs is 1. The number of benzene rings is 1. The molecule has 0 radical (unpaired) electrons. The van der Waals surface area contributed by atoms with Crippen molar-refractivity contribution in [1.29, 1.82) is 0 Å². The quantitative estimate of drug-likeness (QED) is 0.647. The number of ketones is 1. The van der Waals surface area contributed by atoms with E-state index in [0.29, 0.717) is 10.8 Å². The van der Waals surface area contributed by atoms with E-state index in [4.69, 9.17) is 4.42 Å². The van der Waals surface area contributed by atoms with Gasteiger partial charge in [0.05, 0.1) is 0 Å². The second-order valence-corrected chi connectivity index (χ2v) is 4.66. The normalized spacial score (nSPS) is 10.9. The van der Waals surface area contributed by atoms with Gasteiger partial charge in [0.15, 0.2) is 10.8 Å². The molecule has 0 N–H and O–H groups in total. The number of nitrogens with zero attached hydrogens (tertiary/aromatic N) is 1. The number of carbonyl (C=O) groups is 1. The van der Waals surface area contributed by atoms with Crippen LogP contribution in [0.25, 0.3) is 11.0 Å². The Kier molecular flexibility index (Phi) is 2.30. The maximum Gasteiger partial charge on any atom is 0.256 e. The standard InChI is InChI=1S/C13H9NO2S/c1-8-3-2-4-9-7-10(16-12(8)9)11(15)13-14-5-6-17-13/h2-7H,1H3. The van der Waals surface area contributed by atoms with E-state index in [0.717, 1.165) is 16.5 Å². The third kappa shape index (κ3) is 1.66. The van der Waals surface area contributed by atoms with Crippen LogP contribution in [0.2, 0.25) is 0 Å². The minimum atomic E-state index is -0.157. The van der Waals surface area contributed by atoms with Crippen molar-refractivity contribution in [2.24, 2.45) is 0 Å². The predicted octanol–water partition coefficient (Wildman–Crippen LogP) is 3.43. The summed E-state index contributed by atoms with van der Waals surface area (Å²) in [6.07, 6.45) is 1.62. The Morgan fingerprint density at radius 3 is 3.00 bits per heavy atom. The number of aryl methyl sites for hydroxylation is 1. The molecule has 0 amide bonds. The van der Waals surface area contributed by atoms with Crippen LogP contribution in [0.5, 0.6) is 0 Å². The Hall–Kier alpha value is -1.94. The second kappa shape index (κ2) is 3.82. The molecule has 0 saturated carbocycles. The van der Waals surface area contributed by atoms with Crippen LogP contribution in [0.1, 0.15) is 21.1 Å². The van der Waals surface area contributed by atoms with E-state index >= 15 is 0 Å². The average molecular weight is 243 g/mol. The van der Waals surface area contributed by atoms with Crippen LogP contribution in [-0.2, 0) is 0 Å². The molecule has 84 valence electrons. The highest BCUT2D eigenvalue weighted by Crippen LogP contribution is 2.24. The van der Waals surface area contributed by atoms with E-state index in [9.17, 15) is 4.79 Å². The molecule has 0 aliphatic heterocycles. The van der Waals surface area contributed by atoms with Crippen molar-refractivity contribution >= 4 is 28.1 Å². The molecule has 0 unspecified atom stereocenters. The first-order valence-electron chi connectivity index (χ1n) is 5.19. The molecule has 0 fully saturated rings. The fraction of sp³-hybridized carbons (Fsp3) is 0.0769. The van der Waals surface area contributed by atoms with Gasteiger partial charge >= 0.3 is 0 Å². The summed E-state index contributed by atoms with van der Waals surface area (Å²) in [4.78, 5) is 16.0. The van der Waals surface area contributed by atoms with E-state index in [1.165, 1.54) is 11.3 Å². The highest BCUT2D eigenvalue weighted by Gasteiger charge is 2.17. The summed E-state index contributed by atoms with van der Waals surface area (Å²) in [5.41, 5.74) is 1.80. The van der Waals surface area contributed by atoms with Crippen molar-refractivity contribution in [2.75, 3.05) is 0 Å². The maximum absolute atomic E-state index is 12.0. The van der Waals surface area contributed by atoms with Gasteiger partial charge in [0.25, 0.3) is 5.78 Å². The highest BCUT2D eigenvalue weighted by molar-refractivity contribution is 7.11. The van der Waals surface area contributed by atoms with Crippen molar-refractivity contribution < 1.29 is 9.21 Å². The Bertz CT molecular complexity index is 683. The first kappa shape index (κ1) is 10.2. The molecule has 2 aromatic heterocycles. The molecular weight excluding hydrogens is 234 g/mol. The monoisotopic (exact) mass is 243 g/mol. The van der Waals surface area contributed by atoms with Crippen molar-refractivity contribution in [3.05, 3.63) is 52.2 Å². The van der Waals surface area contributed by atoms with Gasteiger partial charge in [-0.3, -0.25) is 4.79 Å². The lowest BCUT2D eigenvalue weighted by Gasteiger charge is -1.92. The van der Waals surface area contributed by atoms with Gasteiger partial charge in [0.1, 0.15) is 5.58 Å². The molecule has 4 heteroatoms. The molecular formula is C13H9NO2S. The zero-order valence-electron chi connectivity index (χ0n) is 9.14. The molecule has 0 aliphatic rings. The van der Waals surface area contributed by atoms with Crippen LogP contribution >= 0.6 is 11.3 Å². The molecule has 0 aliphatic carbocycles. The van der Waals surface area contributed by atoms with Gasteiger partial charge in [-0.2, -0.15) is 0 Å². The second-order valence-electron chi connectivity index (χ2n) is 3.77. The number of aromatic nitrogens is 1. The highest BCUT2D eigenvalue weighted by atomic mass is 32.1. The Labute approximate surface area is 102 Å². The maximum atomic E-state index is 12.0. The summed E-state index contributed by atoms with van der Waals surface area (Å²) in [7, 11) is 0. The van der Waals surface area contributed by atoms with Crippen molar-refractivity contribution in [1.82, 2.24) is 4.98 Å². The molecule has 1 aromatic carbocycles. The number of thiazole rings is 1. The van der Waals surface area contributed by atoms with Gasteiger partial charge in [0.2, 0.25) is 0 Å². The Morgan fingerprint density at radius 1 is 1.41 bits per heavy atom. The van der Waals surface area contributed by atoms with Crippen LogP contribution in [0, 0.1) is 6.92 Å². The Morgan fingerprint density at radius 2 is 2.29 bits per heavy atom.